The van der Waals surface area contributed by atoms with Crippen LogP contribution in [0.4, 0.5) is 0 Å². The quantitative estimate of drug-likeness (QED) is 0.551. The monoisotopic (exact) mass is 354 g/mol. The Kier molecular flexibility index (Phi) is 6.46. The van der Waals surface area contributed by atoms with Gasteiger partial charge in [-0.2, -0.15) is 0 Å². The van der Waals surface area contributed by atoms with Crippen molar-refractivity contribution in [3.63, 3.8) is 0 Å². The molecule has 146 valence electrons. The molecule has 25 heavy (non-hydrogen) atoms. The van der Waals surface area contributed by atoms with Crippen LogP contribution >= 0.6 is 0 Å². The van der Waals surface area contributed by atoms with Crippen LogP contribution < -0.4 is 0 Å². The summed E-state index contributed by atoms with van der Waals surface area (Å²) in [6.45, 7) is 5.44. The van der Waals surface area contributed by atoms with Gasteiger partial charge >= 0.3 is 0 Å². The van der Waals surface area contributed by atoms with Gasteiger partial charge in [0.25, 0.3) is 0 Å². The number of aliphatic hydroxyl groups is 1. The molecular formula is C21H38O4. The van der Waals surface area contributed by atoms with Crippen LogP contribution in [0.3, 0.4) is 0 Å². The molecule has 0 aromatic carbocycles. The van der Waals surface area contributed by atoms with Gasteiger partial charge in [0.15, 0.2) is 0 Å². The molecule has 0 aromatic heterocycles. The zero-order chi connectivity index (χ0) is 17.9. The molecule has 3 rings (SSSR count). The maximum Gasteiger partial charge on any atom is 0.147 e. The van der Waals surface area contributed by atoms with Crippen molar-refractivity contribution in [2.75, 3.05) is 27.1 Å². The highest BCUT2D eigenvalue weighted by molar-refractivity contribution is 5.07. The van der Waals surface area contributed by atoms with Gasteiger partial charge in [0, 0.05) is 13.0 Å². The molecule has 5 atom stereocenters. The highest BCUT2D eigenvalue weighted by Gasteiger charge is 2.57. The van der Waals surface area contributed by atoms with Crippen molar-refractivity contribution in [1.29, 1.82) is 0 Å². The van der Waals surface area contributed by atoms with Crippen molar-refractivity contribution in [2.45, 2.75) is 82.8 Å². The van der Waals surface area contributed by atoms with Crippen molar-refractivity contribution >= 4 is 0 Å². The zero-order valence-corrected chi connectivity index (χ0v) is 16.5. The van der Waals surface area contributed by atoms with Crippen molar-refractivity contribution in [2.24, 2.45) is 23.7 Å². The predicted octanol–water partition coefficient (Wildman–Crippen LogP) is 4.15. The maximum atomic E-state index is 10.9. The second-order valence-corrected chi connectivity index (χ2v) is 9.20. The van der Waals surface area contributed by atoms with Crippen LogP contribution in [-0.2, 0) is 14.2 Å². The molecule has 2 unspecified atom stereocenters. The summed E-state index contributed by atoms with van der Waals surface area (Å²) in [5.41, 5.74) is -0.908. The smallest absolute Gasteiger partial charge is 0.147 e. The van der Waals surface area contributed by atoms with Crippen LogP contribution in [0.2, 0.25) is 0 Å². The van der Waals surface area contributed by atoms with Crippen molar-refractivity contribution in [1.82, 2.24) is 0 Å². The molecule has 0 amide bonds. The SMILES string of the molecule is COCCOCO[C@]12CC3CCCCC3C[C@H]1CCC[C@@H]2C(C)(C)O. The summed E-state index contributed by atoms with van der Waals surface area (Å²) in [5.74, 6) is 2.42. The van der Waals surface area contributed by atoms with Crippen LogP contribution in [0.1, 0.15) is 71.6 Å². The molecule has 0 aliphatic heterocycles. The normalized spacial score (nSPS) is 38.9. The van der Waals surface area contributed by atoms with Crippen LogP contribution in [0.15, 0.2) is 0 Å². The second kappa shape index (κ2) is 8.24. The van der Waals surface area contributed by atoms with E-state index in [1.54, 1.807) is 7.11 Å². The van der Waals surface area contributed by atoms with Crippen LogP contribution in [0.5, 0.6) is 0 Å². The molecule has 3 saturated carbocycles. The van der Waals surface area contributed by atoms with E-state index in [-0.39, 0.29) is 11.5 Å². The molecule has 4 heteroatoms. The number of hydrogen-bond donors (Lipinski definition) is 1. The number of methoxy groups -OCH3 is 1. The van der Waals surface area contributed by atoms with Crippen molar-refractivity contribution < 1.29 is 19.3 Å². The molecule has 0 spiro atoms. The molecule has 0 heterocycles. The first-order chi connectivity index (χ1) is 12.0. The third kappa shape index (κ3) is 4.23. The van der Waals surface area contributed by atoms with E-state index < -0.39 is 5.60 Å². The lowest BCUT2D eigenvalue weighted by atomic mass is 9.52. The van der Waals surface area contributed by atoms with Gasteiger partial charge < -0.3 is 19.3 Å². The summed E-state index contributed by atoms with van der Waals surface area (Å²) in [6, 6.07) is 0. The van der Waals surface area contributed by atoms with E-state index in [1.165, 1.54) is 44.9 Å². The molecule has 0 bridgehead atoms. The van der Waals surface area contributed by atoms with Crippen molar-refractivity contribution in [3.05, 3.63) is 0 Å². The van der Waals surface area contributed by atoms with Gasteiger partial charge in [-0.3, -0.25) is 0 Å². The average molecular weight is 355 g/mol. The Hall–Kier alpha value is -0.160. The summed E-state index contributed by atoms with van der Waals surface area (Å²) in [5, 5.41) is 10.9. The summed E-state index contributed by atoms with van der Waals surface area (Å²) < 4.78 is 17.3. The first-order valence-corrected chi connectivity index (χ1v) is 10.4. The molecule has 0 radical (unpaired) electrons. The van der Waals surface area contributed by atoms with E-state index in [4.69, 9.17) is 14.2 Å². The highest BCUT2D eigenvalue weighted by Crippen LogP contribution is 2.57. The largest absolute Gasteiger partial charge is 0.390 e. The average Bonchev–Trinajstić information content (AvgIpc) is 2.58. The van der Waals surface area contributed by atoms with E-state index >= 15 is 0 Å². The van der Waals surface area contributed by atoms with E-state index in [1.807, 2.05) is 13.8 Å². The lowest BCUT2D eigenvalue weighted by Crippen LogP contribution is -2.61. The van der Waals surface area contributed by atoms with Gasteiger partial charge in [-0.25, -0.2) is 0 Å². The van der Waals surface area contributed by atoms with Gasteiger partial charge in [-0.1, -0.05) is 32.1 Å². The van der Waals surface area contributed by atoms with Gasteiger partial charge in [0.05, 0.1) is 24.4 Å². The number of fused-ring (bicyclic) bond motifs is 2. The Bertz CT molecular complexity index is 419. The van der Waals surface area contributed by atoms with Gasteiger partial charge in [-0.15, -0.1) is 0 Å². The van der Waals surface area contributed by atoms with Gasteiger partial charge in [0.2, 0.25) is 0 Å². The van der Waals surface area contributed by atoms with Crippen LogP contribution in [0, 0.1) is 23.7 Å². The summed E-state index contributed by atoms with van der Waals surface area (Å²) in [7, 11) is 1.69. The first kappa shape index (κ1) is 19.6. The van der Waals surface area contributed by atoms with E-state index in [9.17, 15) is 5.11 Å². The highest BCUT2D eigenvalue weighted by atomic mass is 16.7. The van der Waals surface area contributed by atoms with Gasteiger partial charge in [0.1, 0.15) is 6.79 Å². The number of hydrogen-bond acceptors (Lipinski definition) is 4. The lowest BCUT2D eigenvalue weighted by Gasteiger charge is -2.59. The van der Waals surface area contributed by atoms with E-state index in [2.05, 4.69) is 0 Å². The molecule has 1 N–H and O–H groups in total. The fraction of sp³-hybridized carbons (Fsp3) is 1.00. The summed E-state index contributed by atoms with van der Waals surface area (Å²) in [4.78, 5) is 0. The molecular weight excluding hydrogens is 316 g/mol. The third-order valence-electron chi connectivity index (χ3n) is 7.26. The Morgan fingerprint density at radius 3 is 2.48 bits per heavy atom. The second-order valence-electron chi connectivity index (χ2n) is 9.20. The third-order valence-corrected chi connectivity index (χ3v) is 7.26. The van der Waals surface area contributed by atoms with E-state index in [0.717, 1.165) is 24.7 Å². The fourth-order valence-electron chi connectivity index (χ4n) is 6.19. The molecule has 0 aromatic rings. The first-order valence-electron chi connectivity index (χ1n) is 10.4. The Balaban J connectivity index is 1.77. The molecule has 3 fully saturated rings. The Morgan fingerprint density at radius 1 is 1.00 bits per heavy atom. The Labute approximate surface area is 153 Å². The van der Waals surface area contributed by atoms with Crippen molar-refractivity contribution in [3.8, 4) is 0 Å². The zero-order valence-electron chi connectivity index (χ0n) is 16.5. The van der Waals surface area contributed by atoms with Gasteiger partial charge in [-0.05, 0) is 57.3 Å². The number of rotatable bonds is 7. The fourth-order valence-corrected chi connectivity index (χ4v) is 6.19. The van der Waals surface area contributed by atoms with Crippen LogP contribution in [0.25, 0.3) is 0 Å². The lowest BCUT2D eigenvalue weighted by molar-refractivity contribution is -0.256. The van der Waals surface area contributed by atoms with E-state index in [0.29, 0.717) is 25.9 Å². The minimum atomic E-state index is -0.702. The topological polar surface area (TPSA) is 47.9 Å². The number of ether oxygens (including phenoxy) is 3. The Morgan fingerprint density at radius 2 is 1.76 bits per heavy atom. The minimum Gasteiger partial charge on any atom is -0.390 e. The summed E-state index contributed by atoms with van der Waals surface area (Å²) in [6.07, 6.45) is 11.4. The summed E-state index contributed by atoms with van der Waals surface area (Å²) >= 11 is 0. The molecule has 3 aliphatic rings. The molecule has 0 saturated heterocycles. The molecule has 4 nitrogen and oxygen atoms in total. The maximum absolute atomic E-state index is 10.9. The minimum absolute atomic E-state index is 0.202. The standard InChI is InChI=1S/C21H38O4/c1-20(2,22)19-10-6-9-18-13-16-7-4-5-8-17(16)14-21(18,19)25-15-24-12-11-23-3/h16-19,22H,4-15H2,1-3H3/t16?,17?,18-,19-,21-/m1/s1. The predicted molar refractivity (Wildman–Crippen MR) is 98.3 cm³/mol. The molecule has 3 aliphatic carbocycles. The van der Waals surface area contributed by atoms with Crippen LogP contribution in [-0.4, -0.2) is 43.4 Å².